The maximum atomic E-state index is 8.36. The monoisotopic (exact) mass is 412 g/mol. The Morgan fingerprint density at radius 1 is 1.11 bits per heavy atom. The van der Waals surface area contributed by atoms with Gasteiger partial charge < -0.3 is 10.6 Å². The molecule has 0 aromatic rings. The summed E-state index contributed by atoms with van der Waals surface area (Å²) in [5.74, 6) is 0. The van der Waals surface area contributed by atoms with Crippen LogP contribution >= 0.6 is 72.0 Å². The normalized spacial score (nSPS) is 3.84. The molecule has 0 aliphatic rings. The van der Waals surface area contributed by atoms with E-state index in [4.69, 9.17) is 64.8 Å². The number of carboxylic acid groups (broad SMARTS) is 1. The molecule has 0 radical (unpaired) electrons. The van der Waals surface area contributed by atoms with Gasteiger partial charge in [-0.3, -0.25) is 4.79 Å². The smallest absolute Gasteiger partial charge is 0.373 e. The zero-order valence-corrected chi connectivity index (χ0v) is 12.7. The molecule has 0 rings (SSSR count). The Morgan fingerprint density at radius 3 is 1.16 bits per heavy atom. The van der Waals surface area contributed by atoms with Crippen molar-refractivity contribution >= 4 is 84.6 Å². The van der Waals surface area contributed by atoms with E-state index >= 15 is 0 Å². The Kier molecular flexibility index (Phi) is 336. The molecule has 8 nitrogen and oxygen atoms in total. The first-order valence-corrected chi connectivity index (χ1v) is 3.34. The van der Waals surface area contributed by atoms with Crippen molar-refractivity contribution in [3.8, 4) is 0 Å². The molecule has 0 aliphatic heterocycles. The van der Waals surface area contributed by atoms with Crippen LogP contribution in [0.15, 0.2) is 10.0 Å². The number of halogens is 6. The van der Waals surface area contributed by atoms with Crippen LogP contribution in [0.3, 0.4) is 0 Å². The third-order valence-electron chi connectivity index (χ3n) is 0.0825. The topological polar surface area (TPSA) is 153 Å². The Bertz CT molecular complexity index is 158. The van der Waals surface area contributed by atoms with Gasteiger partial charge in [-0.25, -0.2) is 10.5 Å². The van der Waals surface area contributed by atoms with Gasteiger partial charge in [-0.05, 0) is 0 Å². The molecule has 0 heterocycles. The van der Waals surface area contributed by atoms with E-state index in [2.05, 4.69) is 5.04 Å². The standard InChI is InChI=1S/C2HCl3.CH2O2.CO2.CH4.3ClH.H2O3.H2O/c3-1-2(4)5;2*2-1-3;;;;;1-3-2;/h1H;1H,(H,2,3);;1H4;3*1H;1-2H;1H2. The van der Waals surface area contributed by atoms with Crippen LogP contribution in [0.25, 0.3) is 0 Å². The van der Waals surface area contributed by atoms with E-state index in [1.54, 1.807) is 0 Å². The van der Waals surface area contributed by atoms with Crippen molar-refractivity contribution in [3.63, 3.8) is 0 Å². The second kappa shape index (κ2) is 104. The molecule has 0 saturated heterocycles. The van der Waals surface area contributed by atoms with Crippen molar-refractivity contribution in [2.24, 2.45) is 0 Å². The number of hydrogen-bond donors (Lipinski definition) is 3. The quantitative estimate of drug-likeness (QED) is 0.313. The fourth-order valence-electron chi connectivity index (χ4n) is 0. The third kappa shape index (κ3) is 1010. The number of rotatable bonds is 0. The lowest BCUT2D eigenvalue weighted by Gasteiger charge is -1.64. The lowest BCUT2D eigenvalue weighted by atomic mass is 11.2. The second-order valence-corrected chi connectivity index (χ2v) is 1.90. The highest BCUT2D eigenvalue weighted by molar-refractivity contribution is 6.58. The van der Waals surface area contributed by atoms with Gasteiger partial charge >= 0.3 is 6.15 Å². The zero-order chi connectivity index (χ0) is 12.4. The SMILES string of the molecule is C.Cl.Cl.Cl.ClC=C(Cl)Cl.O.O=C=O.O=CO.OOO. The van der Waals surface area contributed by atoms with Crippen molar-refractivity contribution in [1.82, 2.24) is 0 Å². The summed E-state index contributed by atoms with van der Waals surface area (Å²) in [4.78, 5) is 24.6. The van der Waals surface area contributed by atoms with Crippen molar-refractivity contribution in [1.29, 1.82) is 0 Å². The van der Waals surface area contributed by atoms with Crippen LogP contribution in [0.1, 0.15) is 7.43 Å². The van der Waals surface area contributed by atoms with Gasteiger partial charge in [0.1, 0.15) is 4.49 Å². The van der Waals surface area contributed by atoms with Crippen LogP contribution in [-0.2, 0) is 19.4 Å². The lowest BCUT2D eigenvalue weighted by Crippen LogP contribution is -1.60. The predicted octanol–water partition coefficient (Wildman–Crippen LogP) is 2.64. The first-order chi connectivity index (χ1) is 6.51. The van der Waals surface area contributed by atoms with Gasteiger partial charge in [0, 0.05) is 5.54 Å². The maximum absolute atomic E-state index is 8.36. The van der Waals surface area contributed by atoms with E-state index < -0.39 is 0 Å². The van der Waals surface area contributed by atoms with E-state index in [-0.39, 0.29) is 67.2 Å². The fraction of sp³-hybridized carbons (Fsp3) is 0.200. The van der Waals surface area contributed by atoms with Gasteiger partial charge in [0.05, 0.1) is 0 Å². The highest BCUT2D eigenvalue weighted by atomic mass is 35.5. The molecule has 5 N–H and O–H groups in total. The van der Waals surface area contributed by atoms with Crippen LogP contribution in [0, 0.1) is 0 Å². The Hall–Kier alpha value is 0.170. The Labute approximate surface area is 142 Å². The van der Waals surface area contributed by atoms with E-state index in [0.717, 1.165) is 5.54 Å². The van der Waals surface area contributed by atoms with Gasteiger partial charge in [0.25, 0.3) is 6.47 Å². The molecule has 0 atom stereocenters. The number of hydrogen-bond acceptors (Lipinski definition) is 6. The van der Waals surface area contributed by atoms with Gasteiger partial charge in [0.15, 0.2) is 0 Å². The maximum Gasteiger partial charge on any atom is 0.373 e. The summed E-state index contributed by atoms with van der Waals surface area (Å²) < 4.78 is 0.0895. The van der Waals surface area contributed by atoms with Crippen LogP contribution in [-0.4, -0.2) is 33.7 Å². The molecule has 0 aromatic carbocycles. The first kappa shape index (κ1) is 61.2. The van der Waals surface area contributed by atoms with E-state index in [0.29, 0.717) is 0 Å². The average Bonchev–Trinajstić information content (AvgIpc) is 2.08. The molecule has 0 amide bonds. The van der Waals surface area contributed by atoms with Gasteiger partial charge in [-0.1, -0.05) is 47.3 Å². The van der Waals surface area contributed by atoms with Gasteiger partial charge in [-0.2, -0.15) is 9.59 Å². The average molecular weight is 415 g/mol. The minimum Gasteiger partial charge on any atom is -0.483 e. The highest BCUT2D eigenvalue weighted by Gasteiger charge is 1.70. The molecule has 14 heteroatoms. The molecule has 0 unspecified atom stereocenters. The minimum atomic E-state index is -0.250. The lowest BCUT2D eigenvalue weighted by molar-refractivity contribution is -0.465. The summed E-state index contributed by atoms with van der Waals surface area (Å²) >= 11 is 14.8. The van der Waals surface area contributed by atoms with Crippen molar-refractivity contribution < 1.29 is 40.5 Å². The van der Waals surface area contributed by atoms with Crippen molar-refractivity contribution in [2.45, 2.75) is 7.43 Å². The first-order valence-electron chi connectivity index (χ1n) is 2.15. The largest absolute Gasteiger partial charge is 0.483 e. The molecule has 0 aromatic heterocycles. The van der Waals surface area contributed by atoms with E-state index in [1.165, 1.54) is 0 Å². The van der Waals surface area contributed by atoms with Gasteiger partial charge in [0.2, 0.25) is 0 Å². The molecule has 124 valence electrons. The van der Waals surface area contributed by atoms with E-state index in [9.17, 15) is 0 Å². The summed E-state index contributed by atoms with van der Waals surface area (Å²) in [5.41, 5.74) is 1.09. The summed E-state index contributed by atoms with van der Waals surface area (Å²) in [7, 11) is 0. The molecular formula is C5H14Cl6O8. The van der Waals surface area contributed by atoms with E-state index in [1.807, 2.05) is 0 Å². The van der Waals surface area contributed by atoms with Crippen molar-refractivity contribution in [3.05, 3.63) is 10.0 Å². The van der Waals surface area contributed by atoms with Crippen LogP contribution in [0.5, 0.6) is 0 Å². The fourth-order valence-corrected chi connectivity index (χ4v) is 0. The molecule has 0 bridgehead atoms. The summed E-state index contributed by atoms with van der Waals surface area (Å²) in [6.45, 7) is -0.250. The summed E-state index contributed by atoms with van der Waals surface area (Å²) in [6, 6.07) is 0. The third-order valence-corrected chi connectivity index (χ3v) is 0.742. The Balaban J connectivity index is -0.00000000944. The second-order valence-electron chi connectivity index (χ2n) is 0.669. The molecule has 0 spiro atoms. The predicted molar refractivity (Wildman–Crippen MR) is 77.8 cm³/mol. The molecule has 0 saturated carbocycles. The summed E-state index contributed by atoms with van der Waals surface area (Å²) in [6.07, 6.45) is 0.250. The molecule has 19 heavy (non-hydrogen) atoms. The Morgan fingerprint density at radius 2 is 1.16 bits per heavy atom. The minimum absolute atomic E-state index is 0. The molecular weight excluding hydrogens is 401 g/mol. The highest BCUT2D eigenvalue weighted by Crippen LogP contribution is 2.05. The molecule has 0 aliphatic carbocycles. The van der Waals surface area contributed by atoms with Crippen LogP contribution < -0.4 is 0 Å². The van der Waals surface area contributed by atoms with Crippen LogP contribution in [0.2, 0.25) is 0 Å². The zero-order valence-electron chi connectivity index (χ0n) is 7.99. The molecule has 0 fully saturated rings. The van der Waals surface area contributed by atoms with Crippen LogP contribution in [0.4, 0.5) is 0 Å². The van der Waals surface area contributed by atoms with Crippen molar-refractivity contribution in [2.75, 3.05) is 0 Å². The summed E-state index contributed by atoms with van der Waals surface area (Å²) in [5, 5.41) is 22.4. The number of carbonyl (C=O) groups is 1. The van der Waals surface area contributed by atoms with Gasteiger partial charge in [-0.15, -0.1) is 37.2 Å². The number of carbonyl (C=O) groups excluding carboxylic acids is 2.